The minimum absolute atomic E-state index is 0.192. The lowest BCUT2D eigenvalue weighted by Gasteiger charge is -2.32. The van der Waals surface area contributed by atoms with Gasteiger partial charge in [-0.1, -0.05) is 19.3 Å². The number of methoxy groups -OCH3 is 1. The summed E-state index contributed by atoms with van der Waals surface area (Å²) in [7, 11) is 1.65. The summed E-state index contributed by atoms with van der Waals surface area (Å²) >= 11 is 0. The van der Waals surface area contributed by atoms with Crippen LogP contribution in [0.4, 0.5) is 5.69 Å². The zero-order chi connectivity index (χ0) is 22.2. The summed E-state index contributed by atoms with van der Waals surface area (Å²) in [5.41, 5.74) is 9.14. The molecule has 2 aliphatic rings. The van der Waals surface area contributed by atoms with Crippen LogP contribution in [0, 0.1) is 6.92 Å². The van der Waals surface area contributed by atoms with Crippen molar-refractivity contribution in [3.05, 3.63) is 40.2 Å². The van der Waals surface area contributed by atoms with Gasteiger partial charge in [-0.3, -0.25) is 4.98 Å². The summed E-state index contributed by atoms with van der Waals surface area (Å²) in [6.07, 6.45) is 7.77. The number of benzene rings is 1. The Hall–Kier alpha value is -2.87. The van der Waals surface area contributed by atoms with Crippen LogP contribution in [0.5, 0.6) is 5.75 Å². The van der Waals surface area contributed by atoms with Gasteiger partial charge in [0.25, 0.3) is 0 Å². The maximum Gasteiger partial charge on any atom is 0.334 e. The number of rotatable bonds is 4. The molecule has 0 amide bonds. The Bertz CT molecular complexity index is 1170. The number of piperidine rings is 1. The molecule has 0 bridgehead atoms. The highest BCUT2D eigenvalue weighted by Crippen LogP contribution is 2.34. The summed E-state index contributed by atoms with van der Waals surface area (Å²) in [4.78, 5) is 28.1. The summed E-state index contributed by atoms with van der Waals surface area (Å²) in [6.45, 7) is 3.80. The third-order valence-corrected chi connectivity index (χ3v) is 7.01. The van der Waals surface area contributed by atoms with Crippen molar-refractivity contribution in [3.8, 4) is 17.1 Å². The van der Waals surface area contributed by atoms with Crippen LogP contribution < -0.4 is 21.1 Å². The first-order chi connectivity index (χ1) is 15.5. The molecule has 0 spiro atoms. The van der Waals surface area contributed by atoms with Gasteiger partial charge in [-0.15, -0.1) is 0 Å². The van der Waals surface area contributed by atoms with Crippen LogP contribution in [0.15, 0.2) is 23.0 Å². The molecule has 3 aromatic rings. The van der Waals surface area contributed by atoms with Gasteiger partial charge in [0.15, 0.2) is 5.65 Å². The minimum Gasteiger partial charge on any atom is -0.496 e. The number of ether oxygens (including phenoxy) is 1. The average molecular weight is 437 g/mol. The number of fused-ring (bicyclic) bond motifs is 1. The number of imidazole rings is 1. The fourth-order valence-corrected chi connectivity index (χ4v) is 5.16. The SMILES string of the molecule is COc1cc(N2CCC(N)CC2)ccc1-c1nc2c(C)nc(C3CCCCC3)n2c(=O)[nH]1. The van der Waals surface area contributed by atoms with Crippen molar-refractivity contribution >= 4 is 11.3 Å². The van der Waals surface area contributed by atoms with Crippen LogP contribution >= 0.6 is 0 Å². The third kappa shape index (κ3) is 3.77. The van der Waals surface area contributed by atoms with E-state index in [1.807, 2.05) is 19.1 Å². The Labute approximate surface area is 187 Å². The van der Waals surface area contributed by atoms with Gasteiger partial charge in [-0.2, -0.15) is 0 Å². The summed E-state index contributed by atoms with van der Waals surface area (Å²) in [5, 5.41) is 0. The first kappa shape index (κ1) is 21.0. The lowest BCUT2D eigenvalue weighted by molar-refractivity contribution is 0.415. The van der Waals surface area contributed by atoms with Crippen LogP contribution in [0.2, 0.25) is 0 Å². The van der Waals surface area contributed by atoms with E-state index >= 15 is 0 Å². The Balaban J connectivity index is 1.53. The molecule has 8 nitrogen and oxygen atoms in total. The molecular formula is C24H32N6O2. The summed E-state index contributed by atoms with van der Waals surface area (Å²) in [6, 6.07) is 6.35. The number of aromatic nitrogens is 4. The third-order valence-electron chi connectivity index (χ3n) is 7.01. The van der Waals surface area contributed by atoms with Crippen molar-refractivity contribution in [1.82, 2.24) is 19.4 Å². The molecule has 3 N–H and O–H groups in total. The second-order valence-corrected chi connectivity index (χ2v) is 9.15. The monoisotopic (exact) mass is 436 g/mol. The van der Waals surface area contributed by atoms with Gasteiger partial charge in [0, 0.05) is 36.8 Å². The standard InChI is InChI=1S/C24H32N6O2/c1-15-22-27-21(28-24(31)30(22)23(26-15)16-6-4-3-5-7-16)19-9-8-18(14-20(19)32-2)29-12-10-17(25)11-13-29/h8-9,14,16-17H,3-7,10-13,25H2,1-2H3,(H,27,28,31). The molecule has 2 aromatic heterocycles. The zero-order valence-electron chi connectivity index (χ0n) is 18.9. The van der Waals surface area contributed by atoms with Gasteiger partial charge in [0.2, 0.25) is 0 Å². The van der Waals surface area contributed by atoms with Crippen molar-refractivity contribution in [2.75, 3.05) is 25.1 Å². The summed E-state index contributed by atoms with van der Waals surface area (Å²) in [5.74, 6) is 2.37. The average Bonchev–Trinajstić information content (AvgIpc) is 3.16. The number of hydrogen-bond donors (Lipinski definition) is 2. The predicted octanol–water partition coefficient (Wildman–Crippen LogP) is 3.38. The lowest BCUT2D eigenvalue weighted by atomic mass is 9.89. The van der Waals surface area contributed by atoms with Crippen LogP contribution in [0.1, 0.15) is 62.4 Å². The van der Waals surface area contributed by atoms with Crippen LogP contribution in [-0.2, 0) is 0 Å². The molecular weight excluding hydrogens is 404 g/mol. The van der Waals surface area contributed by atoms with Crippen molar-refractivity contribution < 1.29 is 4.74 Å². The normalized spacial score (nSPS) is 18.4. The largest absolute Gasteiger partial charge is 0.496 e. The maximum absolute atomic E-state index is 13.2. The highest BCUT2D eigenvalue weighted by atomic mass is 16.5. The van der Waals surface area contributed by atoms with E-state index in [1.54, 1.807) is 11.5 Å². The Morgan fingerprint density at radius 2 is 1.84 bits per heavy atom. The van der Waals surface area contributed by atoms with Gasteiger partial charge in [0.1, 0.15) is 17.4 Å². The second-order valence-electron chi connectivity index (χ2n) is 9.15. The summed E-state index contributed by atoms with van der Waals surface area (Å²) < 4.78 is 7.37. The van der Waals surface area contributed by atoms with Crippen molar-refractivity contribution in [2.45, 2.75) is 63.8 Å². The first-order valence-corrected chi connectivity index (χ1v) is 11.7. The highest BCUT2D eigenvalue weighted by Gasteiger charge is 2.24. The topological polar surface area (TPSA) is 102 Å². The molecule has 1 aliphatic carbocycles. The molecule has 0 unspecified atom stereocenters. The van der Waals surface area contributed by atoms with Crippen LogP contribution in [0.3, 0.4) is 0 Å². The Morgan fingerprint density at radius 3 is 2.56 bits per heavy atom. The van der Waals surface area contributed by atoms with E-state index < -0.39 is 0 Å². The van der Waals surface area contributed by atoms with E-state index in [9.17, 15) is 4.79 Å². The van der Waals surface area contributed by atoms with Gasteiger partial charge < -0.3 is 15.4 Å². The number of nitrogens with two attached hydrogens (primary N) is 1. The zero-order valence-corrected chi connectivity index (χ0v) is 18.9. The van der Waals surface area contributed by atoms with Crippen molar-refractivity contribution in [3.63, 3.8) is 0 Å². The van der Waals surface area contributed by atoms with Gasteiger partial charge >= 0.3 is 5.69 Å². The fourth-order valence-electron chi connectivity index (χ4n) is 5.16. The molecule has 32 heavy (non-hydrogen) atoms. The van der Waals surface area contributed by atoms with E-state index in [0.717, 1.165) is 61.5 Å². The van der Waals surface area contributed by atoms with E-state index in [-0.39, 0.29) is 11.7 Å². The minimum atomic E-state index is -0.192. The van der Waals surface area contributed by atoms with Crippen LogP contribution in [-0.4, -0.2) is 45.6 Å². The lowest BCUT2D eigenvalue weighted by Crippen LogP contribution is -2.39. The number of nitrogens with one attached hydrogen (secondary N) is 1. The van der Waals surface area contributed by atoms with E-state index in [1.165, 1.54) is 19.3 Å². The van der Waals surface area contributed by atoms with E-state index in [0.29, 0.717) is 23.1 Å². The molecule has 3 heterocycles. The molecule has 1 aromatic carbocycles. The van der Waals surface area contributed by atoms with Gasteiger partial charge in [-0.25, -0.2) is 19.2 Å². The van der Waals surface area contributed by atoms with E-state index in [2.05, 4.69) is 16.0 Å². The molecule has 0 radical (unpaired) electrons. The predicted molar refractivity (Wildman–Crippen MR) is 126 cm³/mol. The van der Waals surface area contributed by atoms with Gasteiger partial charge in [0.05, 0.1) is 18.4 Å². The second kappa shape index (κ2) is 8.58. The Morgan fingerprint density at radius 1 is 1.09 bits per heavy atom. The molecule has 1 saturated heterocycles. The highest BCUT2D eigenvalue weighted by molar-refractivity contribution is 5.70. The fraction of sp³-hybridized carbons (Fsp3) is 0.542. The van der Waals surface area contributed by atoms with Crippen LogP contribution in [0.25, 0.3) is 17.0 Å². The molecule has 8 heteroatoms. The first-order valence-electron chi connectivity index (χ1n) is 11.7. The van der Waals surface area contributed by atoms with Crippen molar-refractivity contribution in [1.29, 1.82) is 0 Å². The molecule has 2 fully saturated rings. The van der Waals surface area contributed by atoms with E-state index in [4.69, 9.17) is 20.4 Å². The Kier molecular flexibility index (Phi) is 5.63. The van der Waals surface area contributed by atoms with Gasteiger partial charge in [-0.05, 0) is 44.7 Å². The van der Waals surface area contributed by atoms with Crippen molar-refractivity contribution in [2.24, 2.45) is 5.73 Å². The number of hydrogen-bond acceptors (Lipinski definition) is 6. The number of aromatic amines is 1. The molecule has 170 valence electrons. The quantitative estimate of drug-likeness (QED) is 0.650. The number of H-pyrrole nitrogens is 1. The molecule has 0 atom stereocenters. The number of anilines is 1. The number of nitrogens with zero attached hydrogens (tertiary/aromatic N) is 4. The maximum atomic E-state index is 13.2. The molecule has 1 aliphatic heterocycles. The molecule has 1 saturated carbocycles. The number of aryl methyl sites for hydroxylation is 1. The smallest absolute Gasteiger partial charge is 0.334 e. The molecule has 5 rings (SSSR count).